The number of benzene rings is 2. The molecule has 0 heterocycles. The first-order valence-corrected chi connectivity index (χ1v) is 13.2. The Labute approximate surface area is 209 Å². The van der Waals surface area contributed by atoms with E-state index in [0.29, 0.717) is 6.54 Å². The van der Waals surface area contributed by atoms with Crippen molar-refractivity contribution in [2.24, 2.45) is 0 Å². The van der Waals surface area contributed by atoms with Gasteiger partial charge in [0.1, 0.15) is 12.6 Å². The van der Waals surface area contributed by atoms with Crippen molar-refractivity contribution in [2.75, 3.05) is 23.7 Å². The third-order valence-corrected chi connectivity index (χ3v) is 7.00. The van der Waals surface area contributed by atoms with Gasteiger partial charge in [0.05, 0.1) is 27.0 Å². The molecule has 1 N–H and O–H groups in total. The highest BCUT2D eigenvalue weighted by Crippen LogP contribution is 2.35. The number of halogens is 3. The summed E-state index contributed by atoms with van der Waals surface area (Å²) in [5.74, 6) is -0.912. The Morgan fingerprint density at radius 2 is 1.64 bits per heavy atom. The molecule has 33 heavy (non-hydrogen) atoms. The molecule has 2 aromatic rings. The fourth-order valence-electron chi connectivity index (χ4n) is 3.06. The molecule has 2 amide bonds. The molecule has 180 valence electrons. The summed E-state index contributed by atoms with van der Waals surface area (Å²) in [6, 6.07) is 10.9. The van der Waals surface area contributed by atoms with Crippen molar-refractivity contribution < 1.29 is 18.0 Å². The van der Waals surface area contributed by atoms with Crippen LogP contribution in [-0.4, -0.2) is 50.5 Å². The maximum absolute atomic E-state index is 13.4. The van der Waals surface area contributed by atoms with Gasteiger partial charge in [-0.2, -0.15) is 0 Å². The molecule has 1 atom stereocenters. The maximum atomic E-state index is 13.4. The number of rotatable bonds is 10. The molecule has 0 saturated carbocycles. The molecule has 0 aliphatic carbocycles. The fraction of sp³-hybridized carbons (Fsp3) is 0.364. The Morgan fingerprint density at radius 1 is 1.03 bits per heavy atom. The summed E-state index contributed by atoms with van der Waals surface area (Å²) in [6.07, 6.45) is 1.70. The molecule has 0 bridgehead atoms. The number of hydrogen-bond donors (Lipinski definition) is 1. The van der Waals surface area contributed by atoms with Gasteiger partial charge in [-0.25, -0.2) is 8.42 Å². The molecule has 0 aliphatic rings. The van der Waals surface area contributed by atoms with Crippen LogP contribution in [0.15, 0.2) is 42.5 Å². The van der Waals surface area contributed by atoms with Crippen LogP contribution in [0.3, 0.4) is 0 Å². The van der Waals surface area contributed by atoms with E-state index in [0.717, 1.165) is 22.5 Å². The standard InChI is InChI=1S/C22H26Cl3N3O4S/c1-4-10-26-22(30)15(2)27(13-16-8-6-5-7-9-16)21(29)14-28(33(3,31)32)20-12-18(24)17(23)11-19(20)25/h5-9,11-12,15H,4,10,13-14H2,1-3H3,(H,26,30)/t15-/m0/s1. The Balaban J connectivity index is 2.42. The summed E-state index contributed by atoms with van der Waals surface area (Å²) in [5.41, 5.74) is 0.809. The van der Waals surface area contributed by atoms with Crippen LogP contribution in [-0.2, 0) is 26.2 Å². The van der Waals surface area contributed by atoms with Crippen molar-refractivity contribution in [1.82, 2.24) is 10.2 Å². The van der Waals surface area contributed by atoms with Gasteiger partial charge < -0.3 is 10.2 Å². The number of nitrogens with one attached hydrogen (secondary N) is 1. The van der Waals surface area contributed by atoms with Crippen LogP contribution in [0.1, 0.15) is 25.8 Å². The number of carbonyl (C=O) groups is 2. The van der Waals surface area contributed by atoms with Crippen LogP contribution in [0.4, 0.5) is 5.69 Å². The van der Waals surface area contributed by atoms with E-state index >= 15 is 0 Å². The number of carbonyl (C=O) groups excluding carboxylic acids is 2. The molecule has 0 unspecified atom stereocenters. The van der Waals surface area contributed by atoms with Crippen molar-refractivity contribution in [2.45, 2.75) is 32.9 Å². The number of amides is 2. The zero-order valence-electron chi connectivity index (χ0n) is 18.5. The quantitative estimate of drug-likeness (QED) is 0.459. The Bertz CT molecular complexity index is 1100. The van der Waals surface area contributed by atoms with Crippen molar-refractivity contribution in [3.63, 3.8) is 0 Å². The largest absolute Gasteiger partial charge is 0.354 e. The van der Waals surface area contributed by atoms with Gasteiger partial charge in [-0.3, -0.25) is 13.9 Å². The third-order valence-electron chi connectivity index (χ3n) is 4.85. The Morgan fingerprint density at radius 3 is 2.21 bits per heavy atom. The molecule has 7 nitrogen and oxygen atoms in total. The normalized spacial score (nSPS) is 12.2. The lowest BCUT2D eigenvalue weighted by atomic mass is 10.1. The van der Waals surface area contributed by atoms with E-state index in [9.17, 15) is 18.0 Å². The van der Waals surface area contributed by atoms with Gasteiger partial charge in [0.2, 0.25) is 21.8 Å². The maximum Gasteiger partial charge on any atom is 0.244 e. The summed E-state index contributed by atoms with van der Waals surface area (Å²) in [6.45, 7) is 3.53. The van der Waals surface area contributed by atoms with E-state index < -0.39 is 28.5 Å². The average molecular weight is 535 g/mol. The number of hydrogen-bond acceptors (Lipinski definition) is 4. The SMILES string of the molecule is CCCNC(=O)[C@H](C)N(Cc1ccccc1)C(=O)CN(c1cc(Cl)c(Cl)cc1Cl)S(C)(=O)=O. The van der Waals surface area contributed by atoms with Crippen molar-refractivity contribution in [1.29, 1.82) is 0 Å². The first-order chi connectivity index (χ1) is 15.5. The Hall–Kier alpha value is -2.00. The second-order valence-corrected chi connectivity index (χ2v) is 10.6. The lowest BCUT2D eigenvalue weighted by molar-refractivity contribution is -0.139. The van der Waals surface area contributed by atoms with Gasteiger partial charge in [0, 0.05) is 13.1 Å². The Kier molecular flexibility index (Phi) is 9.84. The highest BCUT2D eigenvalue weighted by atomic mass is 35.5. The van der Waals surface area contributed by atoms with Gasteiger partial charge in [0.25, 0.3) is 0 Å². The molecule has 0 spiro atoms. The average Bonchev–Trinajstić information content (AvgIpc) is 2.76. The lowest BCUT2D eigenvalue weighted by Gasteiger charge is -2.31. The smallest absolute Gasteiger partial charge is 0.244 e. The molecule has 0 fully saturated rings. The molecule has 0 aliphatic heterocycles. The molecule has 0 saturated heterocycles. The van der Waals surface area contributed by atoms with E-state index in [-0.39, 0.29) is 33.2 Å². The third kappa shape index (κ3) is 7.50. The van der Waals surface area contributed by atoms with Gasteiger partial charge in [0.15, 0.2) is 0 Å². The second kappa shape index (κ2) is 11.9. The van der Waals surface area contributed by atoms with Crippen molar-refractivity contribution in [3.05, 3.63) is 63.1 Å². The lowest BCUT2D eigenvalue weighted by Crippen LogP contribution is -2.51. The predicted octanol–water partition coefficient (Wildman–Crippen LogP) is 4.36. The molecule has 11 heteroatoms. The fourth-order valence-corrected chi connectivity index (χ4v) is 4.60. The monoisotopic (exact) mass is 533 g/mol. The minimum absolute atomic E-state index is 0.0182. The zero-order chi connectivity index (χ0) is 24.8. The number of anilines is 1. The zero-order valence-corrected chi connectivity index (χ0v) is 21.6. The van der Waals surface area contributed by atoms with Crippen LogP contribution < -0.4 is 9.62 Å². The van der Waals surface area contributed by atoms with Crippen molar-refractivity contribution in [3.8, 4) is 0 Å². The number of sulfonamides is 1. The first-order valence-electron chi connectivity index (χ1n) is 10.2. The minimum Gasteiger partial charge on any atom is -0.354 e. The summed E-state index contributed by atoms with van der Waals surface area (Å²) in [7, 11) is -3.93. The molecular weight excluding hydrogens is 509 g/mol. The molecule has 0 radical (unpaired) electrons. The van der Waals surface area contributed by atoms with E-state index in [1.165, 1.54) is 17.0 Å². The van der Waals surface area contributed by atoms with Gasteiger partial charge >= 0.3 is 0 Å². The summed E-state index contributed by atoms with van der Waals surface area (Å²) in [5, 5.41) is 3.03. The highest BCUT2D eigenvalue weighted by Gasteiger charge is 2.31. The van der Waals surface area contributed by atoms with Crippen molar-refractivity contribution >= 4 is 62.3 Å². The summed E-state index contributed by atoms with van der Waals surface area (Å²) in [4.78, 5) is 27.4. The van der Waals surface area contributed by atoms with Gasteiger partial charge in [-0.1, -0.05) is 72.1 Å². The molecular formula is C22H26Cl3N3O4S. The van der Waals surface area contributed by atoms with Gasteiger partial charge in [-0.15, -0.1) is 0 Å². The van der Waals surface area contributed by atoms with Crippen LogP contribution in [0.25, 0.3) is 0 Å². The first kappa shape index (κ1) is 27.2. The molecule has 2 aromatic carbocycles. The number of nitrogens with zero attached hydrogens (tertiary/aromatic N) is 2. The summed E-state index contributed by atoms with van der Waals surface area (Å²) < 4.78 is 26.0. The van der Waals surface area contributed by atoms with E-state index in [4.69, 9.17) is 34.8 Å². The molecule has 2 rings (SSSR count). The second-order valence-electron chi connectivity index (χ2n) is 7.46. The van der Waals surface area contributed by atoms with Gasteiger partial charge in [-0.05, 0) is 31.0 Å². The summed E-state index contributed by atoms with van der Waals surface area (Å²) >= 11 is 18.3. The van der Waals surface area contributed by atoms with Crippen LogP contribution >= 0.6 is 34.8 Å². The van der Waals surface area contributed by atoms with Crippen LogP contribution in [0.5, 0.6) is 0 Å². The van der Waals surface area contributed by atoms with E-state index in [1.807, 2.05) is 37.3 Å². The topological polar surface area (TPSA) is 86.8 Å². The van der Waals surface area contributed by atoms with Crippen LogP contribution in [0.2, 0.25) is 15.1 Å². The minimum atomic E-state index is -3.93. The van der Waals surface area contributed by atoms with E-state index in [2.05, 4.69) is 5.32 Å². The predicted molar refractivity (Wildman–Crippen MR) is 133 cm³/mol. The van der Waals surface area contributed by atoms with Crippen LogP contribution in [0, 0.1) is 0 Å². The highest BCUT2D eigenvalue weighted by molar-refractivity contribution is 7.92. The van der Waals surface area contributed by atoms with E-state index in [1.54, 1.807) is 6.92 Å². The molecule has 0 aromatic heterocycles.